The van der Waals surface area contributed by atoms with Crippen LogP contribution in [0.15, 0.2) is 57.9 Å². The number of aromatic nitrogens is 2. The SMILES string of the molecule is CC(C)(C)C(Cc1nc(-c2ccccc2F)c(S(=O)(=O)c2cccnc2)s1)NC(=O)O. The fraction of sp³-hybridized carbons (Fsp3) is 0.286. The topological polar surface area (TPSA) is 109 Å². The fourth-order valence-electron chi connectivity index (χ4n) is 2.95. The number of carboxylic acid groups (broad SMARTS) is 1. The molecule has 0 aliphatic heterocycles. The number of hydrogen-bond donors (Lipinski definition) is 2. The predicted octanol–water partition coefficient (Wildman–Crippen LogP) is 4.40. The Hall–Kier alpha value is -2.85. The fourth-order valence-corrected chi connectivity index (χ4v) is 5.90. The van der Waals surface area contributed by atoms with Crippen LogP contribution in [0.3, 0.4) is 0 Å². The van der Waals surface area contributed by atoms with E-state index in [1.54, 1.807) is 6.07 Å². The van der Waals surface area contributed by atoms with Crippen molar-refractivity contribution >= 4 is 27.3 Å². The molecule has 0 saturated carbocycles. The lowest BCUT2D eigenvalue weighted by molar-refractivity contribution is 0.174. The normalized spacial score (nSPS) is 13.0. The molecule has 0 aliphatic carbocycles. The Morgan fingerprint density at radius 1 is 1.23 bits per heavy atom. The van der Waals surface area contributed by atoms with Gasteiger partial charge >= 0.3 is 6.09 Å². The minimum atomic E-state index is -4.02. The molecule has 164 valence electrons. The van der Waals surface area contributed by atoms with E-state index in [1.807, 2.05) is 20.8 Å². The van der Waals surface area contributed by atoms with E-state index in [2.05, 4.69) is 15.3 Å². The minimum Gasteiger partial charge on any atom is -0.465 e. The van der Waals surface area contributed by atoms with E-state index < -0.39 is 33.2 Å². The summed E-state index contributed by atoms with van der Waals surface area (Å²) in [5.41, 5.74) is -0.388. The largest absolute Gasteiger partial charge is 0.465 e. The van der Waals surface area contributed by atoms with Gasteiger partial charge in [0, 0.05) is 30.4 Å². The molecular weight excluding hydrogens is 441 g/mol. The average Bonchev–Trinajstić information content (AvgIpc) is 3.12. The molecule has 0 radical (unpaired) electrons. The summed E-state index contributed by atoms with van der Waals surface area (Å²) in [5, 5.41) is 12.0. The molecule has 0 fully saturated rings. The molecule has 10 heteroatoms. The van der Waals surface area contributed by atoms with Crippen molar-refractivity contribution in [3.05, 3.63) is 59.6 Å². The third-order valence-electron chi connectivity index (χ3n) is 4.68. The van der Waals surface area contributed by atoms with Crippen molar-refractivity contribution in [2.24, 2.45) is 5.41 Å². The molecule has 2 aromatic heterocycles. The third-order valence-corrected chi connectivity index (χ3v) is 8.00. The number of thiazole rings is 1. The van der Waals surface area contributed by atoms with Crippen LogP contribution in [0.5, 0.6) is 0 Å². The Morgan fingerprint density at radius 2 is 1.94 bits per heavy atom. The number of carbonyl (C=O) groups is 1. The second kappa shape index (κ2) is 8.72. The maximum atomic E-state index is 14.5. The average molecular weight is 464 g/mol. The van der Waals surface area contributed by atoms with Crippen LogP contribution >= 0.6 is 11.3 Å². The lowest BCUT2D eigenvalue weighted by Gasteiger charge is -2.29. The van der Waals surface area contributed by atoms with Crippen LogP contribution in [-0.4, -0.2) is 35.6 Å². The molecule has 0 saturated heterocycles. The molecule has 7 nitrogen and oxygen atoms in total. The molecule has 3 aromatic rings. The van der Waals surface area contributed by atoms with Gasteiger partial charge in [-0.1, -0.05) is 32.9 Å². The first-order valence-electron chi connectivity index (χ1n) is 9.39. The number of amides is 1. The summed E-state index contributed by atoms with van der Waals surface area (Å²) < 4.78 is 41.1. The van der Waals surface area contributed by atoms with Crippen LogP contribution in [0, 0.1) is 11.2 Å². The van der Waals surface area contributed by atoms with Gasteiger partial charge in [0.15, 0.2) is 4.21 Å². The van der Waals surface area contributed by atoms with Gasteiger partial charge in [-0.05, 0) is 29.7 Å². The number of benzene rings is 1. The molecule has 3 rings (SSSR count). The zero-order valence-corrected chi connectivity index (χ0v) is 18.8. The maximum Gasteiger partial charge on any atom is 0.404 e. The number of halogens is 1. The highest BCUT2D eigenvalue weighted by Crippen LogP contribution is 2.38. The highest BCUT2D eigenvalue weighted by atomic mass is 32.2. The number of nitrogens with one attached hydrogen (secondary N) is 1. The van der Waals surface area contributed by atoms with E-state index >= 15 is 0 Å². The summed E-state index contributed by atoms with van der Waals surface area (Å²) >= 11 is 0.910. The standard InChI is InChI=1S/C21H22FN3O4S2/c1-21(2,3)16(24-20(26)27)11-17-25-18(14-8-4-5-9-15(14)22)19(30-17)31(28,29)13-7-6-10-23-12-13/h4-10,12,16,24H,11H2,1-3H3,(H,26,27). The first-order chi connectivity index (χ1) is 14.5. The van der Waals surface area contributed by atoms with E-state index in [0.29, 0.717) is 5.01 Å². The number of nitrogens with zero attached hydrogens (tertiary/aromatic N) is 2. The van der Waals surface area contributed by atoms with Gasteiger partial charge in [0.1, 0.15) is 11.5 Å². The zero-order chi connectivity index (χ0) is 22.8. The molecule has 0 bridgehead atoms. The summed E-state index contributed by atoms with van der Waals surface area (Å²) in [6.45, 7) is 5.60. The number of sulfone groups is 1. The van der Waals surface area contributed by atoms with Crippen LogP contribution in [0.2, 0.25) is 0 Å². The van der Waals surface area contributed by atoms with Gasteiger partial charge in [-0.2, -0.15) is 0 Å². The maximum absolute atomic E-state index is 14.5. The van der Waals surface area contributed by atoms with Crippen molar-refractivity contribution in [1.29, 1.82) is 0 Å². The number of hydrogen-bond acceptors (Lipinski definition) is 6. The van der Waals surface area contributed by atoms with Gasteiger partial charge in [-0.15, -0.1) is 11.3 Å². The van der Waals surface area contributed by atoms with Crippen LogP contribution in [-0.2, 0) is 16.3 Å². The van der Waals surface area contributed by atoms with Crippen molar-refractivity contribution < 1.29 is 22.7 Å². The molecule has 2 heterocycles. The first kappa shape index (κ1) is 22.8. The van der Waals surface area contributed by atoms with Crippen LogP contribution in [0.4, 0.5) is 9.18 Å². The molecule has 0 aliphatic rings. The second-order valence-electron chi connectivity index (χ2n) is 7.99. The monoisotopic (exact) mass is 463 g/mol. The molecular formula is C21H22FN3O4S2. The smallest absolute Gasteiger partial charge is 0.404 e. The van der Waals surface area contributed by atoms with Gasteiger partial charge in [-0.3, -0.25) is 4.98 Å². The molecule has 2 N–H and O–H groups in total. The highest BCUT2D eigenvalue weighted by Gasteiger charge is 2.32. The van der Waals surface area contributed by atoms with Crippen molar-refractivity contribution in [3.8, 4) is 11.3 Å². The summed E-state index contributed by atoms with van der Waals surface area (Å²) in [7, 11) is -4.02. The lowest BCUT2D eigenvalue weighted by Crippen LogP contribution is -2.44. The van der Waals surface area contributed by atoms with Crippen molar-refractivity contribution in [2.45, 2.75) is 42.3 Å². The van der Waals surface area contributed by atoms with E-state index in [4.69, 9.17) is 0 Å². The minimum absolute atomic E-state index is 0.00457. The van der Waals surface area contributed by atoms with E-state index in [1.165, 1.54) is 42.7 Å². The number of rotatable bonds is 6. The molecule has 31 heavy (non-hydrogen) atoms. The zero-order valence-electron chi connectivity index (χ0n) is 17.2. The van der Waals surface area contributed by atoms with Gasteiger partial charge in [-0.25, -0.2) is 22.6 Å². The summed E-state index contributed by atoms with van der Waals surface area (Å²) in [4.78, 5) is 19.5. The Morgan fingerprint density at radius 3 is 2.52 bits per heavy atom. The molecule has 0 spiro atoms. The third kappa shape index (κ3) is 5.08. The van der Waals surface area contributed by atoms with Crippen LogP contribution in [0.1, 0.15) is 25.8 Å². The van der Waals surface area contributed by atoms with Gasteiger partial charge < -0.3 is 10.4 Å². The Bertz CT molecular complexity index is 1190. The van der Waals surface area contributed by atoms with Crippen molar-refractivity contribution in [1.82, 2.24) is 15.3 Å². The summed E-state index contributed by atoms with van der Waals surface area (Å²) in [6, 6.07) is 8.20. The van der Waals surface area contributed by atoms with Crippen LogP contribution < -0.4 is 5.32 Å². The molecule has 1 aromatic carbocycles. The van der Waals surface area contributed by atoms with Crippen LogP contribution in [0.25, 0.3) is 11.3 Å². The van der Waals surface area contributed by atoms with E-state index in [9.17, 15) is 22.7 Å². The molecule has 1 atom stereocenters. The first-order valence-corrected chi connectivity index (χ1v) is 11.7. The van der Waals surface area contributed by atoms with E-state index in [-0.39, 0.29) is 26.8 Å². The Balaban J connectivity index is 2.15. The quantitative estimate of drug-likeness (QED) is 0.561. The van der Waals surface area contributed by atoms with Crippen molar-refractivity contribution in [2.75, 3.05) is 0 Å². The Labute approximate surface area is 183 Å². The molecule has 1 unspecified atom stereocenters. The number of pyridine rings is 1. The second-order valence-corrected chi connectivity index (χ2v) is 11.2. The summed E-state index contributed by atoms with van der Waals surface area (Å²) in [6.07, 6.45) is 1.66. The van der Waals surface area contributed by atoms with E-state index in [0.717, 1.165) is 11.3 Å². The van der Waals surface area contributed by atoms with Crippen molar-refractivity contribution in [3.63, 3.8) is 0 Å². The van der Waals surface area contributed by atoms with Gasteiger partial charge in [0.2, 0.25) is 9.84 Å². The summed E-state index contributed by atoms with van der Waals surface area (Å²) in [5.74, 6) is -0.599. The predicted molar refractivity (Wildman–Crippen MR) is 115 cm³/mol. The molecule has 1 amide bonds. The lowest BCUT2D eigenvalue weighted by atomic mass is 9.85. The van der Waals surface area contributed by atoms with Gasteiger partial charge in [0.25, 0.3) is 0 Å². The van der Waals surface area contributed by atoms with Gasteiger partial charge in [0.05, 0.1) is 9.90 Å². The Kier molecular flexibility index (Phi) is 6.42. The highest BCUT2D eigenvalue weighted by molar-refractivity contribution is 7.93.